The highest BCUT2D eigenvalue weighted by Gasteiger charge is 2.22. The fraction of sp³-hybridized carbons (Fsp3) is 0.571. The number of benzene rings is 2. The molecule has 0 saturated carbocycles. The molecule has 2 aromatic rings. The average molecular weight is 465 g/mol. The molecule has 3 aliphatic rings. The fourth-order valence-electron chi connectivity index (χ4n) is 5.78. The summed E-state index contributed by atoms with van der Waals surface area (Å²) in [5.41, 5.74) is 17.8. The lowest BCUT2D eigenvalue weighted by Gasteiger charge is -2.34. The minimum Gasteiger partial charge on any atom is -0.492 e. The molecule has 0 radical (unpaired) electrons. The van der Waals surface area contributed by atoms with Crippen LogP contribution in [0.15, 0.2) is 36.4 Å². The molecule has 0 amide bonds. The maximum Gasteiger partial charge on any atom is 0.122 e. The van der Waals surface area contributed by atoms with E-state index in [9.17, 15) is 0 Å². The Morgan fingerprint density at radius 3 is 1.56 bits per heavy atom. The summed E-state index contributed by atoms with van der Waals surface area (Å²) < 4.78 is 12.4. The highest BCUT2D eigenvalue weighted by atomic mass is 16.5. The largest absolute Gasteiger partial charge is 0.492 e. The molecule has 0 bridgehead atoms. The molecule has 2 aromatic carbocycles. The van der Waals surface area contributed by atoms with Crippen LogP contribution in [0.5, 0.6) is 11.5 Å². The minimum atomic E-state index is 0.161. The summed E-state index contributed by atoms with van der Waals surface area (Å²) in [6.07, 6.45) is 6.62. The minimum absolute atomic E-state index is 0.161. The van der Waals surface area contributed by atoms with Crippen LogP contribution in [0.3, 0.4) is 0 Å². The van der Waals surface area contributed by atoms with Gasteiger partial charge in [0.15, 0.2) is 0 Å². The molecule has 6 nitrogen and oxygen atoms in total. The predicted octanol–water partition coefficient (Wildman–Crippen LogP) is 3.43. The molecule has 1 saturated heterocycles. The van der Waals surface area contributed by atoms with Crippen LogP contribution in [-0.2, 0) is 12.8 Å². The van der Waals surface area contributed by atoms with Gasteiger partial charge >= 0.3 is 0 Å². The first-order chi connectivity index (χ1) is 16.7. The Labute approximate surface area is 204 Å². The molecule has 34 heavy (non-hydrogen) atoms. The summed E-state index contributed by atoms with van der Waals surface area (Å²) in [6, 6.07) is 13.0. The molecule has 1 heterocycles. The number of piperazine rings is 1. The van der Waals surface area contributed by atoms with Crippen molar-refractivity contribution >= 4 is 0 Å². The second-order valence-corrected chi connectivity index (χ2v) is 10.0. The molecule has 5 rings (SSSR count). The lowest BCUT2D eigenvalue weighted by atomic mass is 9.88. The van der Waals surface area contributed by atoms with E-state index in [1.54, 1.807) is 0 Å². The van der Waals surface area contributed by atoms with Gasteiger partial charge in [-0.25, -0.2) is 0 Å². The van der Waals surface area contributed by atoms with Crippen molar-refractivity contribution in [3.63, 3.8) is 0 Å². The molecule has 0 unspecified atom stereocenters. The fourth-order valence-corrected chi connectivity index (χ4v) is 5.78. The number of nitrogens with two attached hydrogens (primary N) is 2. The number of nitrogens with zero attached hydrogens (tertiary/aromatic N) is 2. The van der Waals surface area contributed by atoms with E-state index in [1.807, 2.05) is 0 Å². The van der Waals surface area contributed by atoms with Crippen molar-refractivity contribution in [2.75, 3.05) is 52.5 Å². The summed E-state index contributed by atoms with van der Waals surface area (Å²) in [4.78, 5) is 5.01. The van der Waals surface area contributed by atoms with Crippen molar-refractivity contribution < 1.29 is 9.47 Å². The molecule has 2 atom stereocenters. The van der Waals surface area contributed by atoms with E-state index in [-0.39, 0.29) is 12.1 Å². The summed E-state index contributed by atoms with van der Waals surface area (Å²) in [7, 11) is 0. The normalized spacial score (nSPS) is 23.2. The second kappa shape index (κ2) is 11.1. The Morgan fingerprint density at radius 2 is 1.12 bits per heavy atom. The van der Waals surface area contributed by atoms with Gasteiger partial charge in [0, 0.05) is 51.4 Å². The number of hydrogen-bond acceptors (Lipinski definition) is 6. The molecule has 1 aliphatic heterocycles. The Morgan fingerprint density at radius 1 is 0.676 bits per heavy atom. The van der Waals surface area contributed by atoms with Crippen LogP contribution >= 0.6 is 0 Å². The van der Waals surface area contributed by atoms with Gasteiger partial charge in [-0.15, -0.1) is 0 Å². The molecular formula is C28H40N4O2. The Hall–Kier alpha value is -2.12. The lowest BCUT2D eigenvalue weighted by molar-refractivity contribution is 0.105. The van der Waals surface area contributed by atoms with Crippen LogP contribution in [0.2, 0.25) is 0 Å². The zero-order valence-electron chi connectivity index (χ0n) is 20.4. The topological polar surface area (TPSA) is 77.0 Å². The van der Waals surface area contributed by atoms with Crippen molar-refractivity contribution in [2.45, 2.75) is 50.6 Å². The lowest BCUT2D eigenvalue weighted by Crippen LogP contribution is -2.48. The third kappa shape index (κ3) is 5.41. The SMILES string of the molecule is N[C@@H]1CCCc2c(OCCN3CCN(CCOc4cccc5c4CCC[C@H]5N)CC3)cccc21. The van der Waals surface area contributed by atoms with Gasteiger partial charge in [-0.1, -0.05) is 24.3 Å². The first kappa shape index (κ1) is 23.6. The van der Waals surface area contributed by atoms with Crippen LogP contribution in [0.1, 0.15) is 60.0 Å². The molecule has 1 fully saturated rings. The number of ether oxygens (including phenoxy) is 2. The van der Waals surface area contributed by atoms with Gasteiger partial charge in [-0.05, 0) is 72.9 Å². The standard InChI is InChI=1S/C28H40N4O2/c29-25-9-1-7-23-21(25)5-3-11-27(23)33-19-17-31-13-15-32(16-14-31)18-20-34-28-12-4-6-22-24(28)8-2-10-26(22)30/h3-6,11-12,25-26H,1-2,7-10,13-20,29-30H2/t25-,26-/m1/s1. The highest BCUT2D eigenvalue weighted by Crippen LogP contribution is 2.35. The van der Waals surface area contributed by atoms with Crippen molar-refractivity contribution in [3.05, 3.63) is 58.7 Å². The molecule has 184 valence electrons. The summed E-state index contributed by atoms with van der Waals surface area (Å²) in [5, 5.41) is 0. The van der Waals surface area contributed by atoms with Gasteiger partial charge < -0.3 is 20.9 Å². The van der Waals surface area contributed by atoms with Gasteiger partial charge in [0.05, 0.1) is 0 Å². The monoisotopic (exact) mass is 464 g/mol. The van der Waals surface area contributed by atoms with E-state index in [4.69, 9.17) is 20.9 Å². The summed E-state index contributed by atoms with van der Waals surface area (Å²) in [6.45, 7) is 7.72. The number of hydrogen-bond donors (Lipinski definition) is 2. The van der Waals surface area contributed by atoms with Crippen LogP contribution in [0.25, 0.3) is 0 Å². The highest BCUT2D eigenvalue weighted by molar-refractivity contribution is 5.44. The van der Waals surface area contributed by atoms with E-state index in [1.165, 1.54) is 22.3 Å². The smallest absolute Gasteiger partial charge is 0.122 e. The Bertz CT molecular complexity index is 880. The quantitative estimate of drug-likeness (QED) is 0.623. The molecular weight excluding hydrogens is 424 g/mol. The Balaban J connectivity index is 1.03. The van der Waals surface area contributed by atoms with Gasteiger partial charge in [0.1, 0.15) is 24.7 Å². The molecule has 6 heteroatoms. The maximum absolute atomic E-state index is 6.29. The zero-order chi connectivity index (χ0) is 23.3. The van der Waals surface area contributed by atoms with E-state index in [0.29, 0.717) is 0 Å². The third-order valence-corrected chi connectivity index (χ3v) is 7.82. The van der Waals surface area contributed by atoms with Crippen molar-refractivity contribution in [1.29, 1.82) is 0 Å². The molecule has 0 spiro atoms. The van der Waals surface area contributed by atoms with Crippen molar-refractivity contribution in [2.24, 2.45) is 11.5 Å². The summed E-state index contributed by atoms with van der Waals surface area (Å²) in [5.74, 6) is 2.07. The van der Waals surface area contributed by atoms with Crippen LogP contribution in [0.4, 0.5) is 0 Å². The van der Waals surface area contributed by atoms with Gasteiger partial charge in [-0.2, -0.15) is 0 Å². The van der Waals surface area contributed by atoms with E-state index in [2.05, 4.69) is 46.2 Å². The first-order valence-electron chi connectivity index (χ1n) is 13.1. The van der Waals surface area contributed by atoms with Gasteiger partial charge in [0.2, 0.25) is 0 Å². The van der Waals surface area contributed by atoms with Crippen LogP contribution in [-0.4, -0.2) is 62.3 Å². The molecule has 2 aliphatic carbocycles. The summed E-state index contributed by atoms with van der Waals surface area (Å²) >= 11 is 0. The third-order valence-electron chi connectivity index (χ3n) is 7.82. The molecule has 4 N–H and O–H groups in total. The van der Waals surface area contributed by atoms with Crippen molar-refractivity contribution in [1.82, 2.24) is 9.80 Å². The predicted molar refractivity (Wildman–Crippen MR) is 136 cm³/mol. The number of fused-ring (bicyclic) bond motifs is 2. The number of rotatable bonds is 8. The molecule has 0 aromatic heterocycles. The van der Waals surface area contributed by atoms with Crippen LogP contribution < -0.4 is 20.9 Å². The Kier molecular flexibility index (Phi) is 7.70. The van der Waals surface area contributed by atoms with E-state index >= 15 is 0 Å². The van der Waals surface area contributed by atoms with E-state index in [0.717, 1.165) is 103 Å². The first-order valence-corrected chi connectivity index (χ1v) is 13.1. The van der Waals surface area contributed by atoms with Gasteiger partial charge in [0.25, 0.3) is 0 Å². The van der Waals surface area contributed by atoms with Gasteiger partial charge in [-0.3, -0.25) is 9.80 Å². The second-order valence-electron chi connectivity index (χ2n) is 10.0. The zero-order valence-corrected chi connectivity index (χ0v) is 20.4. The van der Waals surface area contributed by atoms with Crippen molar-refractivity contribution in [3.8, 4) is 11.5 Å². The maximum atomic E-state index is 6.29. The average Bonchev–Trinajstić information content (AvgIpc) is 2.86. The van der Waals surface area contributed by atoms with E-state index < -0.39 is 0 Å². The van der Waals surface area contributed by atoms with Crippen LogP contribution in [0, 0.1) is 0 Å².